The zero-order valence-electron chi connectivity index (χ0n) is 9.53. The molecule has 0 aliphatic carbocycles. The van der Waals surface area contributed by atoms with Gasteiger partial charge in [0, 0.05) is 17.5 Å². The normalized spacial score (nSPS) is 12.8. The molecule has 0 aromatic carbocycles. The first-order chi connectivity index (χ1) is 7.15. The Balaban J connectivity index is 2.65. The summed E-state index contributed by atoms with van der Waals surface area (Å²) in [7, 11) is 0. The van der Waals surface area contributed by atoms with Gasteiger partial charge in [0.25, 0.3) is 0 Å². The van der Waals surface area contributed by atoms with Crippen molar-refractivity contribution in [3.8, 4) is 0 Å². The average molecular weight is 226 g/mol. The van der Waals surface area contributed by atoms with Gasteiger partial charge >= 0.3 is 0 Å². The largest absolute Gasteiger partial charge is 0.389 e. The lowest BCUT2D eigenvalue weighted by atomic mass is 10.1. The molecule has 1 heterocycles. The number of aryl methyl sites for hydroxylation is 1. The van der Waals surface area contributed by atoms with Gasteiger partial charge in [0.05, 0.1) is 11.9 Å². The Morgan fingerprint density at radius 1 is 1.53 bits per heavy atom. The molecule has 0 spiro atoms. The number of aliphatic hydroxyl groups excluding tert-OH is 1. The van der Waals surface area contributed by atoms with Crippen LogP contribution in [0.5, 0.6) is 0 Å². The summed E-state index contributed by atoms with van der Waals surface area (Å²) >= 11 is 1.84. The third-order valence-corrected chi connectivity index (χ3v) is 3.26. The minimum absolute atomic E-state index is 0.484. The van der Waals surface area contributed by atoms with E-state index in [0.717, 1.165) is 28.6 Å². The molecule has 0 saturated carbocycles. The van der Waals surface area contributed by atoms with Gasteiger partial charge in [-0.1, -0.05) is 6.92 Å². The summed E-state index contributed by atoms with van der Waals surface area (Å²) in [6.45, 7) is 5.81. The van der Waals surface area contributed by atoms with Crippen LogP contribution < -0.4 is 0 Å². The summed E-state index contributed by atoms with van der Waals surface area (Å²) in [5.41, 5.74) is 1.70. The van der Waals surface area contributed by atoms with Crippen LogP contribution in [0.15, 0.2) is 6.20 Å². The van der Waals surface area contributed by atoms with E-state index in [2.05, 4.69) is 16.9 Å². The van der Waals surface area contributed by atoms with Crippen molar-refractivity contribution >= 4 is 11.8 Å². The summed E-state index contributed by atoms with van der Waals surface area (Å²) < 4.78 is 0. The van der Waals surface area contributed by atoms with Crippen LogP contribution in [0.3, 0.4) is 0 Å². The first-order valence-electron chi connectivity index (χ1n) is 5.23. The maximum Gasteiger partial charge on any atom is 0.138 e. The van der Waals surface area contributed by atoms with Gasteiger partial charge in [0.1, 0.15) is 5.82 Å². The Morgan fingerprint density at radius 2 is 2.27 bits per heavy atom. The van der Waals surface area contributed by atoms with E-state index in [9.17, 15) is 5.11 Å². The fourth-order valence-corrected chi connectivity index (χ4v) is 2.07. The third kappa shape index (κ3) is 3.80. The molecular weight excluding hydrogens is 208 g/mol. The monoisotopic (exact) mass is 226 g/mol. The van der Waals surface area contributed by atoms with E-state index in [4.69, 9.17) is 0 Å². The number of hydrogen-bond donors (Lipinski definition) is 1. The minimum atomic E-state index is -0.484. The van der Waals surface area contributed by atoms with Crippen molar-refractivity contribution in [2.45, 2.75) is 39.0 Å². The highest BCUT2D eigenvalue weighted by molar-refractivity contribution is 7.98. The lowest BCUT2D eigenvalue weighted by Crippen LogP contribution is -2.02. The fourth-order valence-electron chi connectivity index (χ4n) is 1.31. The number of thioether (sulfide) groups is 1. The summed E-state index contributed by atoms with van der Waals surface area (Å²) in [6, 6.07) is 0. The maximum absolute atomic E-state index is 9.42. The van der Waals surface area contributed by atoms with Gasteiger partial charge in [-0.25, -0.2) is 9.97 Å². The van der Waals surface area contributed by atoms with Crippen LogP contribution in [0.25, 0.3) is 0 Å². The molecule has 0 unspecified atom stereocenters. The van der Waals surface area contributed by atoms with Gasteiger partial charge in [-0.05, 0) is 26.0 Å². The highest BCUT2D eigenvalue weighted by Crippen LogP contribution is 2.16. The van der Waals surface area contributed by atoms with E-state index in [0.29, 0.717) is 0 Å². The van der Waals surface area contributed by atoms with Gasteiger partial charge in [-0.15, -0.1) is 0 Å². The van der Waals surface area contributed by atoms with Gasteiger partial charge in [0.2, 0.25) is 0 Å². The van der Waals surface area contributed by atoms with Crippen molar-refractivity contribution in [2.75, 3.05) is 5.75 Å². The number of aliphatic hydroxyl groups is 1. The molecule has 84 valence electrons. The van der Waals surface area contributed by atoms with Crippen LogP contribution >= 0.6 is 11.8 Å². The zero-order chi connectivity index (χ0) is 11.3. The predicted octanol–water partition coefficient (Wildman–Crippen LogP) is 2.48. The van der Waals surface area contributed by atoms with Gasteiger partial charge in [-0.3, -0.25) is 0 Å². The zero-order valence-corrected chi connectivity index (χ0v) is 10.3. The lowest BCUT2D eigenvalue weighted by molar-refractivity contribution is 0.197. The molecule has 1 rings (SSSR count). The van der Waals surface area contributed by atoms with Crippen LogP contribution in [0.1, 0.15) is 43.5 Å². The van der Waals surface area contributed by atoms with E-state index >= 15 is 0 Å². The Labute approximate surface area is 95.3 Å². The van der Waals surface area contributed by atoms with E-state index < -0.39 is 6.10 Å². The SMILES string of the molecule is CCCSCc1ncc([C@H](C)O)c(C)n1. The number of nitrogens with zero attached hydrogens (tertiary/aromatic N) is 2. The molecule has 0 saturated heterocycles. The molecule has 0 aliphatic heterocycles. The first-order valence-corrected chi connectivity index (χ1v) is 6.38. The molecule has 0 fully saturated rings. The molecule has 0 aliphatic rings. The van der Waals surface area contributed by atoms with Crippen molar-refractivity contribution in [1.82, 2.24) is 9.97 Å². The van der Waals surface area contributed by atoms with Crippen LogP contribution in [0.4, 0.5) is 0 Å². The molecular formula is C11H18N2OS. The third-order valence-electron chi connectivity index (χ3n) is 2.10. The van der Waals surface area contributed by atoms with E-state index in [1.807, 2.05) is 18.7 Å². The molecule has 4 heteroatoms. The Kier molecular flexibility index (Phi) is 5.05. The standard InChI is InChI=1S/C11H18N2OS/c1-4-5-15-7-11-12-6-10(9(3)14)8(2)13-11/h6,9,14H,4-5,7H2,1-3H3/t9-/m0/s1. The smallest absolute Gasteiger partial charge is 0.138 e. The lowest BCUT2D eigenvalue weighted by Gasteiger charge is -2.08. The summed E-state index contributed by atoms with van der Waals surface area (Å²) in [5, 5.41) is 9.42. The molecule has 0 bridgehead atoms. The number of rotatable bonds is 5. The van der Waals surface area contributed by atoms with Crippen LogP contribution in [0.2, 0.25) is 0 Å². The fraction of sp³-hybridized carbons (Fsp3) is 0.636. The second-order valence-electron chi connectivity index (χ2n) is 3.56. The Morgan fingerprint density at radius 3 is 2.80 bits per heavy atom. The second kappa shape index (κ2) is 6.08. The highest BCUT2D eigenvalue weighted by Gasteiger charge is 2.07. The Bertz CT molecular complexity index is 315. The summed E-state index contributed by atoms with van der Waals surface area (Å²) in [6.07, 6.45) is 2.42. The van der Waals surface area contributed by atoms with E-state index in [1.165, 1.54) is 6.42 Å². The first kappa shape index (κ1) is 12.5. The van der Waals surface area contributed by atoms with Crippen molar-refractivity contribution in [3.05, 3.63) is 23.3 Å². The molecule has 0 amide bonds. The Hall–Kier alpha value is -0.610. The van der Waals surface area contributed by atoms with Crippen molar-refractivity contribution in [1.29, 1.82) is 0 Å². The summed E-state index contributed by atoms with van der Waals surface area (Å²) in [4.78, 5) is 8.61. The molecule has 3 nitrogen and oxygen atoms in total. The topological polar surface area (TPSA) is 46.0 Å². The maximum atomic E-state index is 9.42. The van der Waals surface area contributed by atoms with Crippen molar-refractivity contribution in [3.63, 3.8) is 0 Å². The van der Waals surface area contributed by atoms with Crippen molar-refractivity contribution < 1.29 is 5.11 Å². The predicted molar refractivity (Wildman–Crippen MR) is 63.9 cm³/mol. The highest BCUT2D eigenvalue weighted by atomic mass is 32.2. The number of aromatic nitrogens is 2. The van der Waals surface area contributed by atoms with Gasteiger partial charge in [0.15, 0.2) is 0 Å². The number of hydrogen-bond acceptors (Lipinski definition) is 4. The molecule has 1 aromatic heterocycles. The summed E-state index contributed by atoms with van der Waals surface area (Å²) in [5.74, 6) is 2.85. The van der Waals surface area contributed by atoms with E-state index in [-0.39, 0.29) is 0 Å². The minimum Gasteiger partial charge on any atom is -0.389 e. The van der Waals surface area contributed by atoms with Crippen LogP contribution in [0, 0.1) is 6.92 Å². The second-order valence-corrected chi connectivity index (χ2v) is 4.66. The van der Waals surface area contributed by atoms with Gasteiger partial charge in [-0.2, -0.15) is 11.8 Å². The molecule has 1 N–H and O–H groups in total. The molecule has 1 aromatic rings. The quantitative estimate of drug-likeness (QED) is 0.783. The molecule has 0 radical (unpaired) electrons. The molecule has 1 atom stereocenters. The van der Waals surface area contributed by atoms with E-state index in [1.54, 1.807) is 13.1 Å². The average Bonchev–Trinajstić information content (AvgIpc) is 2.17. The van der Waals surface area contributed by atoms with Gasteiger partial charge < -0.3 is 5.11 Å². The molecule has 15 heavy (non-hydrogen) atoms. The van der Waals surface area contributed by atoms with Crippen LogP contribution in [-0.4, -0.2) is 20.8 Å². The van der Waals surface area contributed by atoms with Crippen molar-refractivity contribution in [2.24, 2.45) is 0 Å². The van der Waals surface area contributed by atoms with Crippen LogP contribution in [-0.2, 0) is 5.75 Å².